The van der Waals surface area contributed by atoms with Crippen LogP contribution in [0.3, 0.4) is 0 Å². The van der Waals surface area contributed by atoms with E-state index in [0.717, 1.165) is 12.5 Å². The molecule has 2 heteroatoms. The number of nitrogens with two attached hydrogens (primary N) is 1. The molecule has 0 amide bonds. The molecule has 0 aliphatic carbocycles. The van der Waals surface area contributed by atoms with Gasteiger partial charge in [0, 0.05) is 12.0 Å². The van der Waals surface area contributed by atoms with E-state index in [9.17, 15) is 0 Å². The minimum Gasteiger partial charge on any atom is -0.330 e. The van der Waals surface area contributed by atoms with E-state index in [-0.39, 0.29) is 5.41 Å². The highest BCUT2D eigenvalue weighted by atomic mass is 14.9. The number of hydrogen-bond donors (Lipinski definition) is 2. The Kier molecular flexibility index (Phi) is 4.27. The number of benzene rings is 2. The molecular formula is C19H26N2. The summed E-state index contributed by atoms with van der Waals surface area (Å²) in [7, 11) is 0. The molecule has 112 valence electrons. The summed E-state index contributed by atoms with van der Waals surface area (Å²) in [5.74, 6) is 0.749. The van der Waals surface area contributed by atoms with Crippen molar-refractivity contribution in [1.29, 1.82) is 0 Å². The number of nitrogens with one attached hydrogen (secondary N) is 1. The van der Waals surface area contributed by atoms with Gasteiger partial charge in [-0.25, -0.2) is 0 Å². The summed E-state index contributed by atoms with van der Waals surface area (Å²) in [5, 5.41) is 6.14. The number of piperidine rings is 1. The Bertz CT molecular complexity index is 601. The minimum absolute atomic E-state index is 0.0771. The lowest BCUT2D eigenvalue weighted by Gasteiger charge is -2.35. The van der Waals surface area contributed by atoms with Gasteiger partial charge in [-0.1, -0.05) is 49.4 Å². The molecule has 0 aromatic heterocycles. The third-order valence-electron chi connectivity index (χ3n) is 5.04. The van der Waals surface area contributed by atoms with E-state index in [4.69, 9.17) is 5.73 Å². The average molecular weight is 282 g/mol. The molecule has 0 bridgehead atoms. The molecular weight excluding hydrogens is 256 g/mol. The zero-order chi connectivity index (χ0) is 14.7. The fraction of sp³-hybridized carbons (Fsp3) is 0.474. The maximum absolute atomic E-state index is 6.18. The van der Waals surface area contributed by atoms with Crippen molar-refractivity contribution in [2.45, 2.75) is 31.6 Å². The van der Waals surface area contributed by atoms with Crippen LogP contribution in [0.15, 0.2) is 42.5 Å². The molecule has 3 rings (SSSR count). The highest BCUT2D eigenvalue weighted by molar-refractivity contribution is 5.83. The molecule has 1 aliphatic rings. The van der Waals surface area contributed by atoms with Gasteiger partial charge >= 0.3 is 0 Å². The summed E-state index contributed by atoms with van der Waals surface area (Å²) >= 11 is 0. The van der Waals surface area contributed by atoms with Crippen LogP contribution < -0.4 is 11.1 Å². The average Bonchev–Trinajstić information content (AvgIpc) is 2.55. The molecule has 0 radical (unpaired) electrons. The molecule has 2 nitrogen and oxygen atoms in total. The lowest BCUT2D eigenvalue weighted by molar-refractivity contribution is 0.285. The van der Waals surface area contributed by atoms with Crippen LogP contribution in [0, 0.1) is 5.92 Å². The van der Waals surface area contributed by atoms with Gasteiger partial charge in [-0.15, -0.1) is 0 Å². The highest BCUT2D eigenvalue weighted by Crippen LogP contribution is 2.34. The van der Waals surface area contributed by atoms with Gasteiger partial charge in [-0.3, -0.25) is 0 Å². The Morgan fingerprint density at radius 1 is 1.19 bits per heavy atom. The Morgan fingerprint density at radius 3 is 2.71 bits per heavy atom. The van der Waals surface area contributed by atoms with Crippen LogP contribution in [-0.4, -0.2) is 19.6 Å². The van der Waals surface area contributed by atoms with E-state index < -0.39 is 0 Å². The van der Waals surface area contributed by atoms with E-state index in [0.29, 0.717) is 6.54 Å². The topological polar surface area (TPSA) is 38.0 Å². The second-order valence-electron chi connectivity index (χ2n) is 6.74. The first kappa shape index (κ1) is 14.6. The van der Waals surface area contributed by atoms with Crippen LogP contribution in [0.4, 0.5) is 0 Å². The summed E-state index contributed by atoms with van der Waals surface area (Å²) in [4.78, 5) is 0. The summed E-state index contributed by atoms with van der Waals surface area (Å²) < 4.78 is 0. The molecule has 1 saturated heterocycles. The molecule has 3 N–H and O–H groups in total. The second-order valence-corrected chi connectivity index (χ2v) is 6.74. The largest absolute Gasteiger partial charge is 0.330 e. The van der Waals surface area contributed by atoms with Crippen LogP contribution >= 0.6 is 0 Å². The van der Waals surface area contributed by atoms with Crippen LogP contribution in [0.1, 0.15) is 31.7 Å². The van der Waals surface area contributed by atoms with Gasteiger partial charge in [0.05, 0.1) is 0 Å². The first-order valence-electron chi connectivity index (χ1n) is 8.11. The molecule has 21 heavy (non-hydrogen) atoms. The van der Waals surface area contributed by atoms with Crippen LogP contribution in [0.2, 0.25) is 0 Å². The fourth-order valence-corrected chi connectivity index (χ4v) is 3.62. The molecule has 2 atom stereocenters. The van der Waals surface area contributed by atoms with Gasteiger partial charge in [0.2, 0.25) is 0 Å². The molecule has 0 spiro atoms. The minimum atomic E-state index is 0.0771. The molecule has 2 unspecified atom stereocenters. The zero-order valence-corrected chi connectivity index (χ0v) is 12.9. The highest BCUT2D eigenvalue weighted by Gasteiger charge is 2.29. The normalized spacial score (nSPS) is 22.1. The number of hydrogen-bond acceptors (Lipinski definition) is 2. The van der Waals surface area contributed by atoms with Crippen molar-refractivity contribution in [2.75, 3.05) is 19.6 Å². The van der Waals surface area contributed by atoms with E-state index in [1.54, 1.807) is 0 Å². The van der Waals surface area contributed by atoms with Crippen molar-refractivity contribution in [3.05, 3.63) is 48.0 Å². The predicted molar refractivity (Wildman–Crippen MR) is 90.6 cm³/mol. The fourth-order valence-electron chi connectivity index (χ4n) is 3.62. The van der Waals surface area contributed by atoms with Crippen molar-refractivity contribution < 1.29 is 0 Å². The smallest absolute Gasteiger partial charge is 0.00506 e. The zero-order valence-electron chi connectivity index (χ0n) is 12.9. The van der Waals surface area contributed by atoms with Crippen molar-refractivity contribution in [1.82, 2.24) is 5.32 Å². The van der Waals surface area contributed by atoms with Crippen LogP contribution in [0.25, 0.3) is 10.8 Å². The van der Waals surface area contributed by atoms with Gasteiger partial charge in [-0.05, 0) is 54.6 Å². The molecule has 2 aromatic carbocycles. The maximum atomic E-state index is 6.18. The SMILES string of the molecule is CC(CN)(CC1CCCNC1)c1ccc2ccccc2c1. The third-order valence-corrected chi connectivity index (χ3v) is 5.04. The van der Waals surface area contributed by atoms with Gasteiger partial charge in [0.1, 0.15) is 0 Å². The predicted octanol–water partition coefficient (Wildman–Crippen LogP) is 3.45. The maximum Gasteiger partial charge on any atom is 0.00506 e. The van der Waals surface area contributed by atoms with Gasteiger partial charge in [0.15, 0.2) is 0 Å². The van der Waals surface area contributed by atoms with Crippen molar-refractivity contribution in [2.24, 2.45) is 11.7 Å². The van der Waals surface area contributed by atoms with Gasteiger partial charge in [0.25, 0.3) is 0 Å². The first-order chi connectivity index (χ1) is 10.2. The van der Waals surface area contributed by atoms with E-state index in [2.05, 4.69) is 54.7 Å². The second kappa shape index (κ2) is 6.17. The Hall–Kier alpha value is -1.38. The molecule has 1 heterocycles. The van der Waals surface area contributed by atoms with Crippen molar-refractivity contribution >= 4 is 10.8 Å². The Balaban J connectivity index is 1.88. The Morgan fingerprint density at radius 2 is 2.00 bits per heavy atom. The van der Waals surface area contributed by atoms with E-state index in [1.165, 1.54) is 42.1 Å². The van der Waals surface area contributed by atoms with E-state index in [1.807, 2.05) is 0 Å². The van der Waals surface area contributed by atoms with Crippen molar-refractivity contribution in [3.63, 3.8) is 0 Å². The Labute approximate surface area is 127 Å². The lowest BCUT2D eigenvalue weighted by atomic mass is 9.73. The summed E-state index contributed by atoms with van der Waals surface area (Å²) in [6.45, 7) is 5.35. The van der Waals surface area contributed by atoms with Crippen molar-refractivity contribution in [3.8, 4) is 0 Å². The standard InChI is InChI=1S/C19H26N2/c1-19(14-20,12-15-5-4-10-21-13-15)18-9-8-16-6-2-3-7-17(16)11-18/h2-3,6-9,11,15,21H,4-5,10,12-14,20H2,1H3. The summed E-state index contributed by atoms with van der Waals surface area (Å²) in [5.41, 5.74) is 7.64. The molecule has 1 fully saturated rings. The number of fused-ring (bicyclic) bond motifs is 1. The summed E-state index contributed by atoms with van der Waals surface area (Å²) in [6, 6.07) is 15.4. The van der Waals surface area contributed by atoms with Gasteiger partial charge < -0.3 is 11.1 Å². The lowest BCUT2D eigenvalue weighted by Crippen LogP contribution is -2.39. The molecule has 1 aliphatic heterocycles. The molecule has 0 saturated carbocycles. The van der Waals surface area contributed by atoms with Crippen LogP contribution in [-0.2, 0) is 5.41 Å². The quantitative estimate of drug-likeness (QED) is 0.901. The molecule has 2 aromatic rings. The number of rotatable bonds is 4. The van der Waals surface area contributed by atoms with Crippen LogP contribution in [0.5, 0.6) is 0 Å². The monoisotopic (exact) mass is 282 g/mol. The van der Waals surface area contributed by atoms with E-state index >= 15 is 0 Å². The van der Waals surface area contributed by atoms with Gasteiger partial charge in [-0.2, -0.15) is 0 Å². The first-order valence-corrected chi connectivity index (χ1v) is 8.11. The summed E-state index contributed by atoms with van der Waals surface area (Å²) in [6.07, 6.45) is 3.80. The third kappa shape index (κ3) is 3.12.